The Kier molecular flexibility index (Phi) is 4.55. The van der Waals surface area contributed by atoms with Crippen LogP contribution in [0.5, 0.6) is 0 Å². The second-order valence-electron chi connectivity index (χ2n) is 3.79. The molecule has 0 amide bonds. The number of thiocarbonyl (C=S) groups is 1. The summed E-state index contributed by atoms with van der Waals surface area (Å²) in [5.41, 5.74) is 0.384. The zero-order valence-electron chi connectivity index (χ0n) is 7.85. The van der Waals surface area contributed by atoms with E-state index in [1.165, 1.54) is 6.42 Å². The van der Waals surface area contributed by atoms with Crippen LogP contribution in [0.2, 0.25) is 0 Å². The van der Waals surface area contributed by atoms with Gasteiger partial charge in [-0.05, 0) is 31.0 Å². The Balaban J connectivity index is 3.92. The Hall–Kier alpha value is -0.200. The smallest absolute Gasteiger partial charge is 0.0587 e. The van der Waals surface area contributed by atoms with Crippen molar-refractivity contribution in [3.8, 4) is 0 Å². The molecule has 0 aliphatic carbocycles. The Labute approximate surface area is 74.9 Å². The minimum Gasteiger partial charge on any atom is -0.229 e. The quantitative estimate of drug-likeness (QED) is 0.467. The van der Waals surface area contributed by atoms with Crippen LogP contribution < -0.4 is 0 Å². The maximum absolute atomic E-state index is 4.54. The molecular formula is C9H17NS. The van der Waals surface area contributed by atoms with Crippen LogP contribution in [0.15, 0.2) is 4.99 Å². The molecule has 1 atom stereocenters. The lowest BCUT2D eigenvalue weighted by Gasteiger charge is -2.23. The molecule has 0 fully saturated rings. The molecule has 0 spiro atoms. The molecule has 64 valence electrons. The molecule has 0 aromatic rings. The van der Waals surface area contributed by atoms with Gasteiger partial charge in [-0.2, -0.15) is 0 Å². The van der Waals surface area contributed by atoms with Crippen molar-refractivity contribution < 1.29 is 0 Å². The zero-order valence-corrected chi connectivity index (χ0v) is 8.66. The van der Waals surface area contributed by atoms with Crippen LogP contribution in [-0.2, 0) is 0 Å². The summed E-state index contributed by atoms with van der Waals surface area (Å²) in [6, 6.07) is 0.322. The van der Waals surface area contributed by atoms with Crippen molar-refractivity contribution >= 4 is 17.4 Å². The lowest BCUT2D eigenvalue weighted by molar-refractivity contribution is 0.301. The molecule has 0 aromatic carbocycles. The number of isothiocyanates is 1. The van der Waals surface area contributed by atoms with E-state index in [0.29, 0.717) is 11.5 Å². The van der Waals surface area contributed by atoms with Crippen LogP contribution in [-0.4, -0.2) is 11.2 Å². The van der Waals surface area contributed by atoms with E-state index < -0.39 is 0 Å². The lowest BCUT2D eigenvalue weighted by atomic mass is 9.84. The maximum Gasteiger partial charge on any atom is 0.0587 e. The summed E-state index contributed by atoms with van der Waals surface area (Å²) in [5, 5.41) is 2.42. The van der Waals surface area contributed by atoms with Crippen LogP contribution in [0, 0.1) is 5.41 Å². The molecule has 0 aliphatic rings. The highest BCUT2D eigenvalue weighted by Crippen LogP contribution is 2.26. The second-order valence-corrected chi connectivity index (χ2v) is 3.97. The molecule has 1 unspecified atom stereocenters. The van der Waals surface area contributed by atoms with Crippen molar-refractivity contribution in [3.63, 3.8) is 0 Å². The number of aliphatic imine (C=N–C) groups is 1. The first-order valence-corrected chi connectivity index (χ1v) is 4.49. The standard InChI is InChI=1S/C9H17NS/c1-5-9(3,4)6-8(2)10-7-11/h8H,5-6H2,1-4H3. The summed E-state index contributed by atoms with van der Waals surface area (Å²) in [5.74, 6) is 0. The Bertz CT molecular complexity index is 157. The summed E-state index contributed by atoms with van der Waals surface area (Å²) in [6.45, 7) is 8.79. The van der Waals surface area contributed by atoms with E-state index in [-0.39, 0.29) is 0 Å². The third kappa shape index (κ3) is 5.11. The lowest BCUT2D eigenvalue weighted by Crippen LogP contribution is -2.16. The van der Waals surface area contributed by atoms with E-state index in [0.717, 1.165) is 6.42 Å². The normalized spacial score (nSPS) is 13.8. The predicted molar refractivity (Wildman–Crippen MR) is 53.2 cm³/mol. The van der Waals surface area contributed by atoms with Gasteiger partial charge in [0.1, 0.15) is 0 Å². The third-order valence-electron chi connectivity index (χ3n) is 2.08. The van der Waals surface area contributed by atoms with Crippen LogP contribution in [0.3, 0.4) is 0 Å². The molecule has 0 saturated heterocycles. The molecular weight excluding hydrogens is 154 g/mol. The van der Waals surface area contributed by atoms with Crippen LogP contribution in [0.1, 0.15) is 40.5 Å². The van der Waals surface area contributed by atoms with Crippen molar-refractivity contribution in [1.82, 2.24) is 0 Å². The van der Waals surface area contributed by atoms with Crippen LogP contribution >= 0.6 is 12.2 Å². The van der Waals surface area contributed by atoms with E-state index in [9.17, 15) is 0 Å². The summed E-state index contributed by atoms with van der Waals surface area (Å²) >= 11 is 4.54. The third-order valence-corrected chi connectivity index (χ3v) is 2.18. The zero-order chi connectivity index (χ0) is 8.91. The average molecular weight is 171 g/mol. The van der Waals surface area contributed by atoms with Crippen LogP contribution in [0.4, 0.5) is 0 Å². The predicted octanol–water partition coefficient (Wildman–Crippen LogP) is 3.30. The fourth-order valence-corrected chi connectivity index (χ4v) is 1.26. The fraction of sp³-hybridized carbons (Fsp3) is 0.889. The Morgan fingerprint density at radius 3 is 2.45 bits per heavy atom. The monoisotopic (exact) mass is 171 g/mol. The first-order chi connectivity index (χ1) is 5.02. The molecule has 11 heavy (non-hydrogen) atoms. The van der Waals surface area contributed by atoms with E-state index >= 15 is 0 Å². The number of nitrogens with zero attached hydrogens (tertiary/aromatic N) is 1. The second kappa shape index (κ2) is 4.63. The van der Waals surface area contributed by atoms with Crippen molar-refractivity contribution in [2.45, 2.75) is 46.6 Å². The first-order valence-electron chi connectivity index (χ1n) is 4.09. The minimum atomic E-state index is 0.322. The van der Waals surface area contributed by atoms with E-state index in [4.69, 9.17) is 0 Å². The molecule has 1 nitrogen and oxygen atoms in total. The van der Waals surface area contributed by atoms with Gasteiger partial charge in [-0.15, -0.1) is 0 Å². The van der Waals surface area contributed by atoms with Crippen molar-refractivity contribution in [3.05, 3.63) is 0 Å². The van der Waals surface area contributed by atoms with Gasteiger partial charge >= 0.3 is 0 Å². The van der Waals surface area contributed by atoms with E-state index in [1.807, 2.05) is 0 Å². The van der Waals surface area contributed by atoms with Gasteiger partial charge in [-0.3, -0.25) is 0 Å². The molecule has 0 aromatic heterocycles. The average Bonchev–Trinajstić information content (AvgIpc) is 1.87. The van der Waals surface area contributed by atoms with Gasteiger partial charge in [0.2, 0.25) is 0 Å². The van der Waals surface area contributed by atoms with Gasteiger partial charge in [-0.1, -0.05) is 27.2 Å². The van der Waals surface area contributed by atoms with E-state index in [2.05, 4.69) is 50.1 Å². The molecule has 0 aliphatic heterocycles. The summed E-state index contributed by atoms with van der Waals surface area (Å²) in [7, 11) is 0. The summed E-state index contributed by atoms with van der Waals surface area (Å²) < 4.78 is 0. The highest BCUT2D eigenvalue weighted by Gasteiger charge is 2.17. The SMILES string of the molecule is CCC(C)(C)CC(C)N=C=S. The van der Waals surface area contributed by atoms with Gasteiger partial charge < -0.3 is 0 Å². The van der Waals surface area contributed by atoms with Crippen molar-refractivity contribution in [1.29, 1.82) is 0 Å². The van der Waals surface area contributed by atoms with Gasteiger partial charge in [-0.25, -0.2) is 4.99 Å². The van der Waals surface area contributed by atoms with Gasteiger partial charge in [0.25, 0.3) is 0 Å². The number of hydrogen-bond acceptors (Lipinski definition) is 2. The summed E-state index contributed by atoms with van der Waals surface area (Å²) in [4.78, 5) is 4.02. The van der Waals surface area contributed by atoms with E-state index in [1.54, 1.807) is 0 Å². The highest BCUT2D eigenvalue weighted by molar-refractivity contribution is 7.78. The minimum absolute atomic E-state index is 0.322. The summed E-state index contributed by atoms with van der Waals surface area (Å²) in [6.07, 6.45) is 2.28. The first kappa shape index (κ1) is 10.8. The van der Waals surface area contributed by atoms with Gasteiger partial charge in [0.15, 0.2) is 0 Å². The fourth-order valence-electron chi connectivity index (χ4n) is 1.08. The number of rotatable bonds is 4. The number of hydrogen-bond donors (Lipinski definition) is 0. The molecule has 0 heterocycles. The molecule has 0 radical (unpaired) electrons. The molecule has 0 rings (SSSR count). The van der Waals surface area contributed by atoms with Crippen molar-refractivity contribution in [2.75, 3.05) is 0 Å². The van der Waals surface area contributed by atoms with Gasteiger partial charge in [0.05, 0.1) is 11.2 Å². The van der Waals surface area contributed by atoms with Crippen molar-refractivity contribution in [2.24, 2.45) is 10.4 Å². The Morgan fingerprint density at radius 1 is 1.55 bits per heavy atom. The largest absolute Gasteiger partial charge is 0.229 e. The van der Waals surface area contributed by atoms with Crippen LogP contribution in [0.25, 0.3) is 0 Å². The maximum atomic E-state index is 4.54. The molecule has 2 heteroatoms. The highest BCUT2D eigenvalue weighted by atomic mass is 32.1. The van der Waals surface area contributed by atoms with Gasteiger partial charge in [0, 0.05) is 0 Å². The Morgan fingerprint density at radius 2 is 2.09 bits per heavy atom. The molecule has 0 N–H and O–H groups in total. The molecule has 0 saturated carbocycles. The molecule has 0 bridgehead atoms. The topological polar surface area (TPSA) is 12.4 Å².